The Morgan fingerprint density at radius 1 is 1.14 bits per heavy atom. The lowest BCUT2D eigenvalue weighted by molar-refractivity contribution is -0.129. The molecule has 1 aromatic heterocycles. The molecule has 180 valence electrons. The Labute approximate surface area is 203 Å². The van der Waals surface area contributed by atoms with Crippen LogP contribution < -0.4 is 4.74 Å². The first-order valence-electron chi connectivity index (χ1n) is 11.4. The summed E-state index contributed by atoms with van der Waals surface area (Å²) in [5, 5.41) is 20.9. The molecule has 2 heterocycles. The average Bonchev–Trinajstić information content (AvgIpc) is 3.47. The summed E-state index contributed by atoms with van der Waals surface area (Å²) in [6.45, 7) is 3.05. The predicted molar refractivity (Wildman–Crippen MR) is 131 cm³/mol. The Balaban J connectivity index is 1.66. The van der Waals surface area contributed by atoms with E-state index in [-0.39, 0.29) is 17.1 Å². The van der Waals surface area contributed by atoms with Crippen molar-refractivity contribution in [3.8, 4) is 11.5 Å². The number of carbonyl (C=O) groups excluding carboxylic acids is 2. The van der Waals surface area contributed by atoms with Crippen molar-refractivity contribution in [3.05, 3.63) is 95.8 Å². The number of carbonyl (C=O) groups is 2. The van der Waals surface area contributed by atoms with E-state index in [0.29, 0.717) is 31.7 Å². The number of aryl methyl sites for hydroxylation is 1. The number of aliphatic hydroxyl groups excluding tert-OH is 1. The molecule has 0 bridgehead atoms. The molecule has 0 saturated heterocycles. The van der Waals surface area contributed by atoms with Crippen LogP contribution >= 0.6 is 0 Å². The summed E-state index contributed by atoms with van der Waals surface area (Å²) < 4.78 is 7.41. The maximum atomic E-state index is 13.3. The number of imidazole rings is 1. The van der Waals surface area contributed by atoms with Crippen molar-refractivity contribution in [1.82, 2.24) is 14.5 Å². The van der Waals surface area contributed by atoms with Gasteiger partial charge in [0.2, 0.25) is 0 Å². The molecule has 4 rings (SSSR count). The lowest BCUT2D eigenvalue weighted by atomic mass is 9.95. The first-order chi connectivity index (χ1) is 17.0. The van der Waals surface area contributed by atoms with Gasteiger partial charge in [0.05, 0.1) is 24.5 Å². The lowest BCUT2D eigenvalue weighted by Crippen LogP contribution is -2.32. The fourth-order valence-electron chi connectivity index (χ4n) is 4.12. The molecule has 3 aromatic rings. The quantitative estimate of drug-likeness (QED) is 0.431. The number of benzene rings is 2. The fraction of sp³-hybridized carbons (Fsp3) is 0.222. The molecule has 0 saturated carbocycles. The SMILES string of the molecule is CCOc1cc(C2C(C(=O)/C=C/c3ccccc3)=C(O)C(=O)N2CCCn2ccnc2)ccc1O. The van der Waals surface area contributed by atoms with Crippen molar-refractivity contribution >= 4 is 17.8 Å². The summed E-state index contributed by atoms with van der Waals surface area (Å²) in [6.07, 6.45) is 8.80. The molecule has 0 radical (unpaired) electrons. The molecular formula is C27H27N3O5. The Morgan fingerprint density at radius 3 is 2.66 bits per heavy atom. The molecule has 0 aliphatic carbocycles. The number of ether oxygens (including phenoxy) is 1. The number of aliphatic hydroxyl groups is 1. The minimum absolute atomic E-state index is 0.00190. The van der Waals surface area contributed by atoms with Gasteiger partial charge in [0.1, 0.15) is 0 Å². The molecule has 1 aliphatic heterocycles. The van der Waals surface area contributed by atoms with Crippen LogP contribution in [0.4, 0.5) is 0 Å². The maximum Gasteiger partial charge on any atom is 0.290 e. The minimum Gasteiger partial charge on any atom is -0.504 e. The summed E-state index contributed by atoms with van der Waals surface area (Å²) in [6, 6.07) is 13.2. The summed E-state index contributed by atoms with van der Waals surface area (Å²) in [5.74, 6) is -1.44. The molecule has 1 unspecified atom stereocenters. The first kappa shape index (κ1) is 23.8. The maximum absolute atomic E-state index is 13.3. The molecule has 8 heteroatoms. The molecule has 1 amide bonds. The van der Waals surface area contributed by atoms with Crippen LogP contribution in [0.5, 0.6) is 11.5 Å². The van der Waals surface area contributed by atoms with E-state index in [1.165, 1.54) is 17.0 Å². The highest BCUT2D eigenvalue weighted by Crippen LogP contribution is 2.41. The molecule has 2 aromatic carbocycles. The number of ketones is 1. The van der Waals surface area contributed by atoms with E-state index < -0.39 is 23.5 Å². The van der Waals surface area contributed by atoms with Gasteiger partial charge < -0.3 is 24.4 Å². The third-order valence-electron chi connectivity index (χ3n) is 5.77. The summed E-state index contributed by atoms with van der Waals surface area (Å²) in [4.78, 5) is 31.9. The van der Waals surface area contributed by atoms with Crippen LogP contribution in [0.1, 0.15) is 30.5 Å². The smallest absolute Gasteiger partial charge is 0.290 e. The summed E-state index contributed by atoms with van der Waals surface area (Å²) in [5.41, 5.74) is 1.38. The van der Waals surface area contributed by atoms with Crippen LogP contribution in [-0.4, -0.2) is 49.5 Å². The van der Waals surface area contributed by atoms with Gasteiger partial charge in [-0.3, -0.25) is 9.59 Å². The number of phenolic OH excluding ortho intramolecular Hbond substituents is 1. The number of hydrogen-bond acceptors (Lipinski definition) is 6. The first-order valence-corrected chi connectivity index (χ1v) is 11.4. The van der Waals surface area contributed by atoms with Gasteiger partial charge in [-0.1, -0.05) is 42.5 Å². The van der Waals surface area contributed by atoms with Gasteiger partial charge in [-0.2, -0.15) is 0 Å². The van der Waals surface area contributed by atoms with Gasteiger partial charge in [-0.05, 0) is 42.7 Å². The molecule has 0 spiro atoms. The highest BCUT2D eigenvalue weighted by Gasteiger charge is 2.42. The van der Waals surface area contributed by atoms with Crippen LogP contribution in [0, 0.1) is 0 Å². The van der Waals surface area contributed by atoms with Crippen molar-refractivity contribution in [1.29, 1.82) is 0 Å². The molecule has 8 nitrogen and oxygen atoms in total. The van der Waals surface area contributed by atoms with Crippen LogP contribution in [-0.2, 0) is 16.1 Å². The van der Waals surface area contributed by atoms with E-state index in [1.54, 1.807) is 37.7 Å². The summed E-state index contributed by atoms with van der Waals surface area (Å²) >= 11 is 0. The zero-order valence-corrected chi connectivity index (χ0v) is 19.4. The van der Waals surface area contributed by atoms with Crippen LogP contribution in [0.25, 0.3) is 6.08 Å². The van der Waals surface area contributed by atoms with E-state index in [4.69, 9.17) is 4.74 Å². The van der Waals surface area contributed by atoms with Gasteiger partial charge in [-0.25, -0.2) is 4.98 Å². The number of aromatic hydroxyl groups is 1. The standard InChI is InChI=1S/C27H27N3O5/c1-2-35-23-17-20(10-12-21(23)31)25-24(22(32)11-9-19-7-4-3-5-8-19)26(33)27(34)30(25)15-6-14-29-16-13-28-18-29/h3-5,7-13,16-18,25,31,33H,2,6,14-15H2,1H3/b11-9+. The van der Waals surface area contributed by atoms with Gasteiger partial charge in [-0.15, -0.1) is 0 Å². The molecule has 35 heavy (non-hydrogen) atoms. The van der Waals surface area contributed by atoms with Gasteiger partial charge in [0.25, 0.3) is 5.91 Å². The normalized spacial score (nSPS) is 15.9. The second-order valence-corrected chi connectivity index (χ2v) is 8.09. The van der Waals surface area contributed by atoms with E-state index in [1.807, 2.05) is 41.1 Å². The third-order valence-corrected chi connectivity index (χ3v) is 5.77. The van der Waals surface area contributed by atoms with Crippen LogP contribution in [0.3, 0.4) is 0 Å². The Kier molecular flexibility index (Phi) is 7.30. The number of amides is 1. The topological polar surface area (TPSA) is 105 Å². The number of hydrogen-bond donors (Lipinski definition) is 2. The van der Waals surface area contributed by atoms with Crippen molar-refractivity contribution < 1.29 is 24.5 Å². The second kappa shape index (κ2) is 10.7. The Bertz CT molecular complexity index is 1250. The molecule has 2 N–H and O–H groups in total. The van der Waals surface area contributed by atoms with Crippen molar-refractivity contribution in [3.63, 3.8) is 0 Å². The highest BCUT2D eigenvalue weighted by atomic mass is 16.5. The second-order valence-electron chi connectivity index (χ2n) is 8.09. The average molecular weight is 474 g/mol. The zero-order valence-electron chi connectivity index (χ0n) is 19.4. The number of phenols is 1. The lowest BCUT2D eigenvalue weighted by Gasteiger charge is -2.27. The molecule has 1 atom stereocenters. The number of nitrogens with zero attached hydrogens (tertiary/aromatic N) is 3. The summed E-state index contributed by atoms with van der Waals surface area (Å²) in [7, 11) is 0. The zero-order chi connectivity index (χ0) is 24.8. The predicted octanol–water partition coefficient (Wildman–Crippen LogP) is 4.06. The van der Waals surface area contributed by atoms with Crippen LogP contribution in [0.15, 0.2) is 84.7 Å². The highest BCUT2D eigenvalue weighted by molar-refractivity contribution is 6.14. The monoisotopic (exact) mass is 473 g/mol. The third kappa shape index (κ3) is 5.27. The van der Waals surface area contributed by atoms with Crippen LogP contribution in [0.2, 0.25) is 0 Å². The number of aromatic nitrogens is 2. The van der Waals surface area contributed by atoms with Crippen molar-refractivity contribution in [2.45, 2.75) is 25.9 Å². The Morgan fingerprint density at radius 2 is 1.94 bits per heavy atom. The molecule has 0 fully saturated rings. The van der Waals surface area contributed by atoms with Gasteiger partial charge in [0.15, 0.2) is 23.0 Å². The van der Waals surface area contributed by atoms with E-state index in [9.17, 15) is 19.8 Å². The van der Waals surface area contributed by atoms with Gasteiger partial charge >= 0.3 is 0 Å². The minimum atomic E-state index is -0.821. The number of allylic oxidation sites excluding steroid dienone is 1. The number of rotatable bonds is 10. The Hall–Kier alpha value is -4.33. The van der Waals surface area contributed by atoms with Gasteiger partial charge in [0, 0.05) is 25.5 Å². The molecule has 1 aliphatic rings. The van der Waals surface area contributed by atoms with Crippen molar-refractivity contribution in [2.75, 3.05) is 13.2 Å². The van der Waals surface area contributed by atoms with E-state index in [0.717, 1.165) is 5.56 Å². The van der Waals surface area contributed by atoms with E-state index >= 15 is 0 Å². The molecular weight excluding hydrogens is 446 g/mol. The van der Waals surface area contributed by atoms with Crippen molar-refractivity contribution in [2.24, 2.45) is 0 Å². The van der Waals surface area contributed by atoms with E-state index in [2.05, 4.69) is 4.98 Å². The largest absolute Gasteiger partial charge is 0.504 e. The fourth-order valence-corrected chi connectivity index (χ4v) is 4.12.